The zero-order valence-electron chi connectivity index (χ0n) is 19.6. The van der Waals surface area contributed by atoms with Crippen molar-refractivity contribution in [3.05, 3.63) is 29.3 Å². The zero-order chi connectivity index (χ0) is 22.6. The number of nitrogens with zero attached hydrogens (tertiary/aromatic N) is 4. The van der Waals surface area contributed by atoms with Crippen molar-refractivity contribution < 1.29 is 9.59 Å². The van der Waals surface area contributed by atoms with Crippen LogP contribution in [0.25, 0.3) is 10.2 Å². The Bertz CT molecular complexity index is 927. The molecule has 0 radical (unpaired) electrons. The number of carbonyl (C=O) groups excluding carboxylic acids is 2. The van der Waals surface area contributed by atoms with Gasteiger partial charge in [0.1, 0.15) is 0 Å². The van der Waals surface area contributed by atoms with E-state index in [2.05, 4.69) is 32.9 Å². The highest BCUT2D eigenvalue weighted by atomic mass is 32.1. The lowest BCUT2D eigenvalue weighted by molar-refractivity contribution is -0.137. The Labute approximate surface area is 200 Å². The lowest BCUT2D eigenvalue weighted by Gasteiger charge is -2.36. The summed E-state index contributed by atoms with van der Waals surface area (Å²) in [5.41, 5.74) is 1.07. The van der Waals surface area contributed by atoms with Crippen LogP contribution in [0.4, 0.5) is 0 Å². The summed E-state index contributed by atoms with van der Waals surface area (Å²) in [5.74, 6) is 1.08. The van der Waals surface area contributed by atoms with Gasteiger partial charge >= 0.3 is 0 Å². The van der Waals surface area contributed by atoms with Gasteiger partial charge in [-0.05, 0) is 63.7 Å². The summed E-state index contributed by atoms with van der Waals surface area (Å²) in [7, 11) is 0. The van der Waals surface area contributed by atoms with Crippen LogP contribution in [-0.2, 0) is 9.59 Å². The van der Waals surface area contributed by atoms with Crippen LogP contribution >= 0.6 is 11.3 Å². The van der Waals surface area contributed by atoms with Gasteiger partial charge in [0.2, 0.25) is 11.8 Å². The van der Waals surface area contributed by atoms with E-state index in [1.165, 1.54) is 22.5 Å². The first-order valence-corrected chi connectivity index (χ1v) is 13.6. The molecule has 7 heteroatoms. The fourth-order valence-corrected chi connectivity index (χ4v) is 6.74. The number of likely N-dealkylation sites (tertiary alicyclic amines) is 3. The number of para-hydroxylation sites is 1. The predicted octanol–water partition coefficient (Wildman–Crippen LogP) is 4.12. The first-order valence-electron chi connectivity index (χ1n) is 12.8. The third kappa shape index (κ3) is 5.40. The van der Waals surface area contributed by atoms with Gasteiger partial charge in [-0.3, -0.25) is 14.5 Å². The van der Waals surface area contributed by atoms with Gasteiger partial charge in [-0.15, -0.1) is 11.3 Å². The highest BCUT2D eigenvalue weighted by molar-refractivity contribution is 7.18. The summed E-state index contributed by atoms with van der Waals surface area (Å²) in [6.07, 6.45) is 8.71. The van der Waals surface area contributed by atoms with Gasteiger partial charge in [-0.2, -0.15) is 0 Å². The molecule has 4 heterocycles. The van der Waals surface area contributed by atoms with E-state index in [-0.39, 0.29) is 11.8 Å². The minimum atomic E-state index is 0.146. The van der Waals surface area contributed by atoms with Crippen molar-refractivity contribution in [1.82, 2.24) is 19.7 Å². The van der Waals surface area contributed by atoms with Crippen molar-refractivity contribution in [3.8, 4) is 0 Å². The highest BCUT2D eigenvalue weighted by Crippen LogP contribution is 2.33. The predicted molar refractivity (Wildman–Crippen MR) is 132 cm³/mol. The second-order valence-electron chi connectivity index (χ2n) is 9.99. The average Bonchev–Trinajstić information content (AvgIpc) is 3.11. The average molecular weight is 469 g/mol. The number of piperidine rings is 2. The maximum Gasteiger partial charge on any atom is 0.236 e. The van der Waals surface area contributed by atoms with Crippen LogP contribution in [0.3, 0.4) is 0 Å². The van der Waals surface area contributed by atoms with E-state index in [1.54, 1.807) is 11.3 Å². The molecule has 0 N–H and O–H groups in total. The molecule has 33 heavy (non-hydrogen) atoms. The number of carbonyl (C=O) groups is 2. The smallest absolute Gasteiger partial charge is 0.236 e. The standard InChI is InChI=1S/C26H36N4O2S/c31-24(19-28-16-11-20(12-17-28)26(32)29-13-5-1-2-6-14-29)30-15-7-8-21(18-30)25-27-22-9-3-4-10-23(22)33-25/h3-4,9-10,20-21H,1-2,5-8,11-19H2/t21-/m1/s1. The summed E-state index contributed by atoms with van der Waals surface area (Å²) >= 11 is 1.77. The molecule has 3 aliphatic rings. The van der Waals surface area contributed by atoms with Gasteiger partial charge < -0.3 is 9.80 Å². The molecule has 2 aromatic rings. The summed E-state index contributed by atoms with van der Waals surface area (Å²) in [4.78, 5) is 37.3. The molecule has 0 aliphatic carbocycles. The van der Waals surface area contributed by atoms with Crippen LogP contribution in [0.2, 0.25) is 0 Å². The molecule has 3 saturated heterocycles. The Morgan fingerprint density at radius 2 is 1.61 bits per heavy atom. The number of amides is 2. The van der Waals surface area contributed by atoms with Crippen LogP contribution in [0, 0.1) is 5.92 Å². The first kappa shape index (κ1) is 22.8. The van der Waals surface area contributed by atoms with Gasteiger partial charge in [0.05, 0.1) is 21.8 Å². The van der Waals surface area contributed by atoms with Crippen molar-refractivity contribution in [3.63, 3.8) is 0 Å². The van der Waals surface area contributed by atoms with Gasteiger partial charge in [0.15, 0.2) is 0 Å². The SMILES string of the molecule is O=C(CN1CCC(C(=O)N2CCCCCC2)CC1)N1CCC[C@@H](c2nc3ccccc3s2)C1. The number of aromatic nitrogens is 1. The summed E-state index contributed by atoms with van der Waals surface area (Å²) in [5, 5.41) is 1.17. The summed E-state index contributed by atoms with van der Waals surface area (Å²) in [6.45, 7) is 5.69. The number of benzene rings is 1. The minimum Gasteiger partial charge on any atom is -0.342 e. The second-order valence-corrected chi connectivity index (χ2v) is 11.1. The third-order valence-corrected chi connectivity index (χ3v) is 8.85. The normalized spacial score (nSPS) is 23.6. The van der Waals surface area contributed by atoms with Crippen molar-refractivity contribution in [2.75, 3.05) is 45.8 Å². The molecule has 0 spiro atoms. The minimum absolute atomic E-state index is 0.146. The molecule has 3 fully saturated rings. The Morgan fingerprint density at radius 1 is 0.879 bits per heavy atom. The molecule has 3 aliphatic heterocycles. The van der Waals surface area contributed by atoms with Gasteiger partial charge in [0.25, 0.3) is 0 Å². The van der Waals surface area contributed by atoms with E-state index in [1.807, 2.05) is 6.07 Å². The molecule has 0 bridgehead atoms. The molecule has 178 valence electrons. The van der Waals surface area contributed by atoms with E-state index >= 15 is 0 Å². The van der Waals surface area contributed by atoms with Gasteiger partial charge in [-0.1, -0.05) is 25.0 Å². The van der Waals surface area contributed by atoms with E-state index in [4.69, 9.17) is 4.98 Å². The second kappa shape index (κ2) is 10.5. The van der Waals surface area contributed by atoms with Crippen LogP contribution in [0.1, 0.15) is 62.3 Å². The Balaban J connectivity index is 1.11. The lowest BCUT2D eigenvalue weighted by Crippen LogP contribution is -2.48. The lowest BCUT2D eigenvalue weighted by atomic mass is 9.95. The Kier molecular flexibility index (Phi) is 7.26. The fraction of sp³-hybridized carbons (Fsp3) is 0.654. The van der Waals surface area contributed by atoms with Gasteiger partial charge in [-0.25, -0.2) is 4.98 Å². The molecular weight excluding hydrogens is 432 g/mol. The molecule has 2 amide bonds. The van der Waals surface area contributed by atoms with Crippen LogP contribution in [-0.4, -0.2) is 77.3 Å². The molecule has 5 rings (SSSR count). The quantitative estimate of drug-likeness (QED) is 0.677. The van der Waals surface area contributed by atoms with E-state index in [0.717, 1.165) is 83.3 Å². The van der Waals surface area contributed by atoms with Crippen molar-refractivity contribution in [1.29, 1.82) is 0 Å². The number of hydrogen-bond donors (Lipinski definition) is 0. The van der Waals surface area contributed by atoms with E-state index in [0.29, 0.717) is 18.4 Å². The van der Waals surface area contributed by atoms with E-state index < -0.39 is 0 Å². The largest absolute Gasteiger partial charge is 0.342 e. The van der Waals surface area contributed by atoms with Crippen molar-refractivity contribution in [2.24, 2.45) is 5.92 Å². The molecule has 1 aromatic carbocycles. The van der Waals surface area contributed by atoms with Crippen molar-refractivity contribution >= 4 is 33.4 Å². The van der Waals surface area contributed by atoms with Crippen molar-refractivity contribution in [2.45, 2.75) is 57.3 Å². The zero-order valence-corrected chi connectivity index (χ0v) is 20.4. The van der Waals surface area contributed by atoms with E-state index in [9.17, 15) is 9.59 Å². The molecule has 1 aromatic heterocycles. The maximum absolute atomic E-state index is 13.1. The number of hydrogen-bond acceptors (Lipinski definition) is 5. The molecule has 0 saturated carbocycles. The first-order chi connectivity index (χ1) is 16.2. The third-order valence-electron chi connectivity index (χ3n) is 7.65. The van der Waals surface area contributed by atoms with Gasteiger partial charge in [0, 0.05) is 38.0 Å². The monoisotopic (exact) mass is 468 g/mol. The summed E-state index contributed by atoms with van der Waals surface area (Å²) < 4.78 is 1.23. The maximum atomic E-state index is 13.1. The molecule has 1 atom stereocenters. The number of thiazole rings is 1. The van der Waals surface area contributed by atoms with Crippen LogP contribution in [0.5, 0.6) is 0 Å². The number of fused-ring (bicyclic) bond motifs is 1. The Morgan fingerprint density at radius 3 is 2.36 bits per heavy atom. The van der Waals surface area contributed by atoms with Crippen LogP contribution in [0.15, 0.2) is 24.3 Å². The highest BCUT2D eigenvalue weighted by Gasteiger charge is 2.31. The Hall–Kier alpha value is -1.99. The molecular formula is C26H36N4O2S. The fourth-order valence-electron chi connectivity index (χ4n) is 5.65. The molecule has 0 unspecified atom stereocenters. The topological polar surface area (TPSA) is 56.8 Å². The number of rotatable bonds is 4. The molecule has 6 nitrogen and oxygen atoms in total. The van der Waals surface area contributed by atoms with Crippen LogP contribution < -0.4 is 0 Å². The summed E-state index contributed by atoms with van der Waals surface area (Å²) in [6, 6.07) is 8.30.